The highest BCUT2D eigenvalue weighted by molar-refractivity contribution is 8.00. The van der Waals surface area contributed by atoms with E-state index in [1.807, 2.05) is 44.2 Å². The zero-order valence-corrected chi connectivity index (χ0v) is 28.8. The van der Waals surface area contributed by atoms with Gasteiger partial charge in [-0.1, -0.05) is 77.7 Å². The molecule has 12 heteroatoms. The van der Waals surface area contributed by atoms with E-state index >= 15 is 0 Å². The molecule has 0 unspecified atom stereocenters. The highest BCUT2D eigenvalue weighted by Crippen LogP contribution is 2.46. The zero-order valence-electron chi connectivity index (χ0n) is 27.2. The Balaban J connectivity index is 1.28. The molecular weight excluding hydrogens is 678 g/mol. The molecule has 50 heavy (non-hydrogen) atoms. The number of halogens is 1. The van der Waals surface area contributed by atoms with Crippen molar-refractivity contribution in [2.75, 3.05) is 11.5 Å². The van der Waals surface area contributed by atoms with Gasteiger partial charge in [0.2, 0.25) is 5.13 Å². The van der Waals surface area contributed by atoms with Crippen molar-refractivity contribution in [3.8, 4) is 17.2 Å². The first kappa shape index (κ1) is 33.3. The van der Waals surface area contributed by atoms with Gasteiger partial charge in [-0.05, 0) is 72.5 Å². The maximum absolute atomic E-state index is 14.3. The van der Waals surface area contributed by atoms with E-state index in [1.54, 1.807) is 54.6 Å². The topological polar surface area (TPSA) is 111 Å². The third-order valence-corrected chi connectivity index (χ3v) is 10.4. The number of Topliss-reactive ketones (excluding diaryl/α,β-unsaturated/α-hetero) is 1. The van der Waals surface area contributed by atoms with Gasteiger partial charge in [0.15, 0.2) is 15.8 Å². The van der Waals surface area contributed by atoms with E-state index in [4.69, 9.17) is 14.2 Å². The fourth-order valence-electron chi connectivity index (χ4n) is 6.00. The van der Waals surface area contributed by atoms with E-state index < -0.39 is 17.7 Å². The fourth-order valence-corrected chi connectivity index (χ4v) is 7.85. The summed E-state index contributed by atoms with van der Waals surface area (Å²) in [5.74, 6) is -0.474. The van der Waals surface area contributed by atoms with Crippen LogP contribution in [0.1, 0.15) is 47.7 Å². The number of rotatable bonds is 11. The highest BCUT2D eigenvalue weighted by Gasteiger charge is 2.48. The lowest BCUT2D eigenvalue weighted by Gasteiger charge is -2.24. The molecule has 0 bridgehead atoms. The molecule has 1 aromatic heterocycles. The average Bonchev–Trinajstić information content (AvgIpc) is 3.82. The van der Waals surface area contributed by atoms with Crippen LogP contribution in [0, 0.1) is 5.82 Å². The second kappa shape index (κ2) is 14.3. The van der Waals surface area contributed by atoms with Crippen LogP contribution in [-0.2, 0) is 28.4 Å². The number of carbonyl (C=O) groups excluding carboxylic acids is 2. The minimum atomic E-state index is -1.07. The van der Waals surface area contributed by atoms with Gasteiger partial charge in [0.1, 0.15) is 30.0 Å². The van der Waals surface area contributed by atoms with E-state index in [1.165, 1.54) is 22.7 Å². The fraction of sp³-hybridized carbons (Fsp3) is 0.211. The van der Waals surface area contributed by atoms with Crippen molar-refractivity contribution >= 4 is 45.7 Å². The first-order valence-corrected chi connectivity index (χ1v) is 17.8. The predicted octanol–water partition coefficient (Wildman–Crippen LogP) is 7.90. The molecule has 2 aliphatic heterocycles. The van der Waals surface area contributed by atoms with Crippen LogP contribution in [0.2, 0.25) is 0 Å². The van der Waals surface area contributed by atoms with Crippen molar-refractivity contribution in [1.82, 2.24) is 10.2 Å². The summed E-state index contributed by atoms with van der Waals surface area (Å²) in [7, 11) is 0. The molecule has 4 aromatic carbocycles. The lowest BCUT2D eigenvalue weighted by atomic mass is 9.94. The lowest BCUT2D eigenvalue weighted by Crippen LogP contribution is -2.29. The number of aliphatic hydroxyl groups excluding tert-OH is 1. The molecule has 1 saturated heterocycles. The Bertz CT molecular complexity index is 2100. The maximum Gasteiger partial charge on any atom is 0.301 e. The molecule has 5 aromatic rings. The Morgan fingerprint density at radius 2 is 1.80 bits per heavy atom. The van der Waals surface area contributed by atoms with E-state index in [0.29, 0.717) is 63.7 Å². The Hall–Kier alpha value is -5.20. The van der Waals surface area contributed by atoms with E-state index in [9.17, 15) is 19.1 Å². The number of benzene rings is 4. The molecule has 3 heterocycles. The number of anilines is 1. The molecule has 0 radical (unpaired) electrons. The number of nitrogens with zero attached hydrogens (tertiary/aromatic N) is 3. The largest absolute Gasteiger partial charge is 0.507 e. The first-order chi connectivity index (χ1) is 24.3. The molecule has 2 aliphatic rings. The number of hydrogen-bond donors (Lipinski definition) is 1. The van der Waals surface area contributed by atoms with Gasteiger partial charge in [-0.25, -0.2) is 4.39 Å². The maximum atomic E-state index is 14.3. The standard InChI is InChI=1S/C38H32FN3O6S2/c1-3-46-31-19-24(13-16-30(31)47-20-23-9-5-4-6-10-23)33-32(34(43)25-14-15-29-27(18-25)17-22(2)48-29)35(44)36(45)42(33)37-40-41-38(50-37)49-21-26-11-7-8-12-28(26)39/h4-16,18-19,22,33,43H,3,17,20-21H2,1-2H3/b34-32+/t22-,33+/m1/s1. The Morgan fingerprint density at radius 1 is 1.00 bits per heavy atom. The normalized spacial score (nSPS) is 17.9. The number of hydrogen-bond acceptors (Lipinski definition) is 10. The van der Waals surface area contributed by atoms with Gasteiger partial charge < -0.3 is 19.3 Å². The number of aliphatic hydroxyl groups is 1. The molecule has 7 rings (SSSR count). The van der Waals surface area contributed by atoms with Crippen LogP contribution >= 0.6 is 23.1 Å². The van der Waals surface area contributed by atoms with Crippen LogP contribution < -0.4 is 19.1 Å². The van der Waals surface area contributed by atoms with Crippen LogP contribution in [0.5, 0.6) is 17.2 Å². The third-order valence-electron chi connectivity index (χ3n) is 8.35. The van der Waals surface area contributed by atoms with Crippen LogP contribution in [0.25, 0.3) is 5.76 Å². The molecule has 9 nitrogen and oxygen atoms in total. The minimum Gasteiger partial charge on any atom is -0.507 e. The van der Waals surface area contributed by atoms with Crippen molar-refractivity contribution < 1.29 is 33.3 Å². The number of fused-ring (bicyclic) bond motifs is 1. The molecule has 0 spiro atoms. The van der Waals surface area contributed by atoms with E-state index in [2.05, 4.69) is 10.2 Å². The van der Waals surface area contributed by atoms with E-state index in [-0.39, 0.29) is 28.4 Å². The first-order valence-electron chi connectivity index (χ1n) is 16.0. The van der Waals surface area contributed by atoms with Gasteiger partial charge >= 0.3 is 5.91 Å². The third kappa shape index (κ3) is 6.68. The van der Waals surface area contributed by atoms with Gasteiger partial charge in [0.05, 0.1) is 18.2 Å². The van der Waals surface area contributed by atoms with Crippen LogP contribution in [-0.4, -0.2) is 39.7 Å². The van der Waals surface area contributed by atoms with Crippen LogP contribution in [0.15, 0.2) is 101 Å². The molecule has 0 saturated carbocycles. The van der Waals surface area contributed by atoms with Crippen LogP contribution in [0.4, 0.5) is 9.52 Å². The van der Waals surface area contributed by atoms with Gasteiger partial charge in [0.25, 0.3) is 5.78 Å². The number of amides is 1. The summed E-state index contributed by atoms with van der Waals surface area (Å²) in [5, 5.41) is 20.5. The minimum absolute atomic E-state index is 0.0181. The average molecular weight is 710 g/mol. The molecule has 1 amide bonds. The second-order valence-electron chi connectivity index (χ2n) is 11.8. The molecule has 254 valence electrons. The summed E-state index contributed by atoms with van der Waals surface area (Å²) in [6.45, 7) is 4.44. The predicted molar refractivity (Wildman–Crippen MR) is 189 cm³/mol. The van der Waals surface area contributed by atoms with Gasteiger partial charge in [-0.3, -0.25) is 14.5 Å². The molecule has 0 aliphatic carbocycles. The quantitative estimate of drug-likeness (QED) is 0.0481. The van der Waals surface area contributed by atoms with Crippen molar-refractivity contribution in [1.29, 1.82) is 0 Å². The van der Waals surface area contributed by atoms with Gasteiger partial charge in [-0.2, -0.15) is 0 Å². The van der Waals surface area contributed by atoms with Gasteiger partial charge in [-0.15, -0.1) is 10.2 Å². The van der Waals surface area contributed by atoms with Crippen molar-refractivity contribution in [3.05, 3.63) is 130 Å². The summed E-state index contributed by atoms with van der Waals surface area (Å²) in [5.41, 5.74) is 3.15. The monoisotopic (exact) mass is 709 g/mol. The van der Waals surface area contributed by atoms with Crippen LogP contribution in [0.3, 0.4) is 0 Å². The summed E-state index contributed by atoms with van der Waals surface area (Å²) < 4.78 is 32.7. The summed E-state index contributed by atoms with van der Waals surface area (Å²) in [4.78, 5) is 29.0. The van der Waals surface area contributed by atoms with Crippen molar-refractivity contribution in [3.63, 3.8) is 0 Å². The van der Waals surface area contributed by atoms with Crippen molar-refractivity contribution in [2.45, 2.75) is 49.1 Å². The summed E-state index contributed by atoms with van der Waals surface area (Å²) in [6.07, 6.45) is 0.629. The van der Waals surface area contributed by atoms with Gasteiger partial charge in [0, 0.05) is 17.7 Å². The molecule has 1 fully saturated rings. The summed E-state index contributed by atoms with van der Waals surface area (Å²) >= 11 is 2.37. The second-order valence-corrected chi connectivity index (χ2v) is 13.9. The Labute approximate surface area is 296 Å². The molecular formula is C38H32FN3O6S2. The van der Waals surface area contributed by atoms with Crippen molar-refractivity contribution in [2.24, 2.45) is 0 Å². The Morgan fingerprint density at radius 3 is 2.60 bits per heavy atom. The highest BCUT2D eigenvalue weighted by atomic mass is 32.2. The summed E-state index contributed by atoms with van der Waals surface area (Å²) in [6, 6.07) is 25.5. The number of ether oxygens (including phenoxy) is 3. The number of carbonyl (C=O) groups is 2. The zero-order chi connectivity index (χ0) is 34.8. The Kier molecular flexibility index (Phi) is 9.55. The molecule has 2 atom stereocenters. The molecule has 1 N–H and O–H groups in total. The lowest BCUT2D eigenvalue weighted by molar-refractivity contribution is -0.132. The number of ketones is 1. The number of thioether (sulfide) groups is 1. The number of aromatic nitrogens is 2. The SMILES string of the molecule is CCOc1cc([C@H]2/C(=C(\O)c3ccc4c(c3)C[C@@H](C)O4)C(=O)C(=O)N2c2nnc(SCc3ccccc3F)s2)ccc1OCc1ccccc1. The smallest absolute Gasteiger partial charge is 0.301 e. The van der Waals surface area contributed by atoms with E-state index in [0.717, 1.165) is 22.5 Å².